The Morgan fingerprint density at radius 2 is 0.841 bits per heavy atom. The van der Waals surface area contributed by atoms with E-state index in [9.17, 15) is 0 Å². The van der Waals surface area contributed by atoms with E-state index >= 15 is 0 Å². The van der Waals surface area contributed by atoms with Gasteiger partial charge in [0.2, 0.25) is 0 Å². The van der Waals surface area contributed by atoms with Crippen LogP contribution in [-0.2, 0) is 0 Å². The van der Waals surface area contributed by atoms with Crippen molar-refractivity contribution in [1.29, 1.82) is 0 Å². The van der Waals surface area contributed by atoms with Crippen molar-refractivity contribution in [3.05, 3.63) is 237 Å². The highest BCUT2D eigenvalue weighted by Gasteiger charge is 2.25. The summed E-state index contributed by atoms with van der Waals surface area (Å²) in [6.45, 7) is 0. The summed E-state index contributed by atoms with van der Waals surface area (Å²) < 4.78 is 9.11. The predicted molar refractivity (Wildman–Crippen MR) is 268 cm³/mol. The number of benzene rings is 10. The Bertz CT molecular complexity index is 3620. The molecule has 10 aromatic carbocycles. The first kappa shape index (κ1) is 36.8. The van der Waals surface area contributed by atoms with Crippen LogP contribution < -0.4 is 4.90 Å². The van der Waals surface area contributed by atoms with Gasteiger partial charge in [-0.2, -0.15) is 0 Å². The van der Waals surface area contributed by atoms with Crippen molar-refractivity contribution >= 4 is 70.5 Å². The van der Waals surface area contributed by atoms with Crippen LogP contribution in [0.4, 0.5) is 17.1 Å². The minimum absolute atomic E-state index is 0.898. The summed E-state index contributed by atoms with van der Waals surface area (Å²) in [5, 5.41) is 4.82. The van der Waals surface area contributed by atoms with Gasteiger partial charge >= 0.3 is 0 Å². The third-order valence-corrected chi connectivity index (χ3v) is 13.5. The third kappa shape index (κ3) is 6.33. The average molecular weight is 822 g/mol. The molecule has 2 heterocycles. The standard InChI is InChI=1S/C60H39NOS/c1-3-18-40(19-4-1)44-22-7-8-26-50(44)58-45(41-20-5-2-6-21-41)27-17-33-55(58)61(43-38-36-42(37-39-43)46-28-15-29-51-48-24-10-13-34-56(48)62-59(46)51)54-32-12-9-23-47(54)52-30-16-31-53-49-25-11-14-35-57(49)63-60(52)53/h1-39H. The molecule has 0 amide bonds. The van der Waals surface area contributed by atoms with Crippen LogP contribution in [0.5, 0.6) is 0 Å². The highest BCUT2D eigenvalue weighted by molar-refractivity contribution is 7.26. The summed E-state index contributed by atoms with van der Waals surface area (Å²) in [4.78, 5) is 2.48. The first-order chi connectivity index (χ1) is 31.3. The summed E-state index contributed by atoms with van der Waals surface area (Å²) in [7, 11) is 0. The molecule has 296 valence electrons. The SMILES string of the molecule is c1ccc(-c2ccccc2-c2c(-c3ccccc3)cccc2N(c2ccc(-c3cccc4c3oc3ccccc34)cc2)c2ccccc2-c2cccc3c2sc2ccccc23)cc1. The first-order valence-corrected chi connectivity index (χ1v) is 22.2. The van der Waals surface area contributed by atoms with E-state index in [-0.39, 0.29) is 0 Å². The second-order valence-corrected chi connectivity index (χ2v) is 17.0. The highest BCUT2D eigenvalue weighted by atomic mass is 32.1. The largest absolute Gasteiger partial charge is 0.455 e. The van der Waals surface area contributed by atoms with E-state index < -0.39 is 0 Å². The zero-order valence-corrected chi connectivity index (χ0v) is 35.1. The Kier molecular flexibility index (Phi) is 9.06. The second kappa shape index (κ2) is 15.5. The van der Waals surface area contributed by atoms with Gasteiger partial charge in [0, 0.05) is 58.9 Å². The molecule has 2 nitrogen and oxygen atoms in total. The number of hydrogen-bond donors (Lipinski definition) is 0. The molecule has 2 aromatic heterocycles. The number of anilines is 3. The van der Waals surface area contributed by atoms with Gasteiger partial charge in [-0.25, -0.2) is 0 Å². The number of para-hydroxylation sites is 3. The molecule has 63 heavy (non-hydrogen) atoms. The molecule has 0 aliphatic carbocycles. The molecule has 0 saturated carbocycles. The molecule has 0 radical (unpaired) electrons. The van der Waals surface area contributed by atoms with Crippen molar-refractivity contribution in [3.63, 3.8) is 0 Å². The van der Waals surface area contributed by atoms with Crippen LogP contribution in [0.15, 0.2) is 241 Å². The number of thiophene rings is 1. The van der Waals surface area contributed by atoms with Gasteiger partial charge in [-0.15, -0.1) is 11.3 Å². The van der Waals surface area contributed by atoms with Crippen LogP contribution in [0.1, 0.15) is 0 Å². The lowest BCUT2D eigenvalue weighted by Gasteiger charge is -2.31. The Morgan fingerprint density at radius 3 is 1.63 bits per heavy atom. The normalized spacial score (nSPS) is 11.5. The monoisotopic (exact) mass is 821 g/mol. The molecule has 0 saturated heterocycles. The zero-order chi connectivity index (χ0) is 41.7. The van der Waals surface area contributed by atoms with Gasteiger partial charge in [0.25, 0.3) is 0 Å². The fraction of sp³-hybridized carbons (Fsp3) is 0. The van der Waals surface area contributed by atoms with Crippen molar-refractivity contribution in [2.45, 2.75) is 0 Å². The molecular weight excluding hydrogens is 783 g/mol. The van der Waals surface area contributed by atoms with Gasteiger partial charge in [-0.3, -0.25) is 0 Å². The lowest BCUT2D eigenvalue weighted by atomic mass is 9.87. The maximum atomic E-state index is 6.53. The molecule has 0 unspecified atom stereocenters. The fourth-order valence-corrected chi connectivity index (χ4v) is 10.7. The molecule has 0 aliphatic heterocycles. The van der Waals surface area contributed by atoms with E-state index in [1.54, 1.807) is 0 Å². The molecule has 0 N–H and O–H groups in total. The smallest absolute Gasteiger partial charge is 0.143 e. The quantitative estimate of drug-likeness (QED) is 0.152. The lowest BCUT2D eigenvalue weighted by molar-refractivity contribution is 0.670. The van der Waals surface area contributed by atoms with Crippen LogP contribution in [0, 0.1) is 0 Å². The Labute approximate surface area is 370 Å². The van der Waals surface area contributed by atoms with Crippen LogP contribution in [-0.4, -0.2) is 0 Å². The van der Waals surface area contributed by atoms with E-state index in [1.807, 2.05) is 23.5 Å². The van der Waals surface area contributed by atoms with Crippen molar-refractivity contribution in [3.8, 4) is 55.6 Å². The average Bonchev–Trinajstić information content (AvgIpc) is 3.94. The minimum atomic E-state index is 0.898. The van der Waals surface area contributed by atoms with Crippen LogP contribution in [0.25, 0.3) is 97.7 Å². The van der Waals surface area contributed by atoms with Gasteiger partial charge in [0.15, 0.2) is 0 Å². The fourth-order valence-electron chi connectivity index (χ4n) is 9.47. The molecule has 0 bridgehead atoms. The van der Waals surface area contributed by atoms with Gasteiger partial charge in [-0.05, 0) is 69.8 Å². The summed E-state index contributed by atoms with van der Waals surface area (Å²) in [5.74, 6) is 0. The zero-order valence-electron chi connectivity index (χ0n) is 34.3. The summed E-state index contributed by atoms with van der Waals surface area (Å²) in [6, 6.07) is 85.5. The van der Waals surface area contributed by atoms with Crippen LogP contribution in [0.3, 0.4) is 0 Å². The van der Waals surface area contributed by atoms with Gasteiger partial charge < -0.3 is 9.32 Å². The highest BCUT2D eigenvalue weighted by Crippen LogP contribution is 2.51. The van der Waals surface area contributed by atoms with Crippen LogP contribution in [0.2, 0.25) is 0 Å². The summed E-state index contributed by atoms with van der Waals surface area (Å²) in [5.41, 5.74) is 16.6. The molecular formula is C60H39NOS. The van der Waals surface area contributed by atoms with Gasteiger partial charge in [0.1, 0.15) is 11.2 Å². The van der Waals surface area contributed by atoms with Gasteiger partial charge in [0.05, 0.1) is 11.4 Å². The maximum Gasteiger partial charge on any atom is 0.143 e. The van der Waals surface area contributed by atoms with Crippen molar-refractivity contribution in [1.82, 2.24) is 0 Å². The van der Waals surface area contributed by atoms with E-state index in [4.69, 9.17) is 4.42 Å². The first-order valence-electron chi connectivity index (χ1n) is 21.4. The van der Waals surface area contributed by atoms with Gasteiger partial charge in [-0.1, -0.05) is 200 Å². The molecule has 0 aliphatic rings. The van der Waals surface area contributed by atoms with Crippen molar-refractivity contribution in [2.24, 2.45) is 0 Å². The van der Waals surface area contributed by atoms with E-state index in [1.165, 1.54) is 48.0 Å². The molecule has 3 heteroatoms. The van der Waals surface area contributed by atoms with Crippen LogP contribution >= 0.6 is 11.3 Å². The summed E-state index contributed by atoms with van der Waals surface area (Å²) in [6.07, 6.45) is 0. The Balaban J connectivity index is 1.13. The molecule has 12 aromatic rings. The molecule has 0 atom stereocenters. The molecule has 0 fully saturated rings. The molecule has 12 rings (SSSR count). The molecule has 0 spiro atoms. The second-order valence-electron chi connectivity index (χ2n) is 15.9. The Morgan fingerprint density at radius 1 is 0.317 bits per heavy atom. The number of nitrogens with zero attached hydrogens (tertiary/aromatic N) is 1. The van der Waals surface area contributed by atoms with E-state index in [2.05, 4.69) is 229 Å². The number of hydrogen-bond acceptors (Lipinski definition) is 3. The maximum absolute atomic E-state index is 6.53. The van der Waals surface area contributed by atoms with E-state index in [0.717, 1.165) is 66.8 Å². The number of furan rings is 1. The minimum Gasteiger partial charge on any atom is -0.455 e. The number of fused-ring (bicyclic) bond motifs is 6. The third-order valence-electron chi connectivity index (χ3n) is 12.3. The van der Waals surface area contributed by atoms with Crippen molar-refractivity contribution in [2.75, 3.05) is 4.90 Å². The topological polar surface area (TPSA) is 16.4 Å². The van der Waals surface area contributed by atoms with Crippen molar-refractivity contribution < 1.29 is 4.42 Å². The Hall–Kier alpha value is -7.98. The lowest BCUT2D eigenvalue weighted by Crippen LogP contribution is -2.13. The number of rotatable bonds is 8. The summed E-state index contributed by atoms with van der Waals surface area (Å²) >= 11 is 1.87. The van der Waals surface area contributed by atoms with E-state index in [0.29, 0.717) is 0 Å². The predicted octanol–water partition coefficient (Wildman–Crippen LogP) is 17.8.